The zero-order valence-corrected chi connectivity index (χ0v) is 17.9. The van der Waals surface area contributed by atoms with Crippen LogP contribution in [0.1, 0.15) is 55.5 Å². The summed E-state index contributed by atoms with van der Waals surface area (Å²) in [6.07, 6.45) is 0. The Hall–Kier alpha value is -2.53. The first-order valence-electron chi connectivity index (χ1n) is 10.1. The molecule has 0 unspecified atom stereocenters. The number of rotatable bonds is 4. The Kier molecular flexibility index (Phi) is 6.18. The molecule has 1 fully saturated rings. The molecule has 1 aliphatic heterocycles. The Morgan fingerprint density at radius 1 is 0.931 bits per heavy atom. The van der Waals surface area contributed by atoms with Gasteiger partial charge in [0.2, 0.25) is 0 Å². The van der Waals surface area contributed by atoms with Crippen LogP contribution in [0.5, 0.6) is 0 Å². The van der Waals surface area contributed by atoms with Gasteiger partial charge in [0.1, 0.15) is 5.82 Å². The van der Waals surface area contributed by atoms with E-state index in [1.54, 1.807) is 30.9 Å². The maximum atomic E-state index is 13.8. The van der Waals surface area contributed by atoms with Crippen molar-refractivity contribution in [3.05, 3.63) is 69.0 Å². The quantitative estimate of drug-likeness (QED) is 0.727. The van der Waals surface area contributed by atoms with E-state index in [0.717, 1.165) is 36.3 Å². The van der Waals surface area contributed by atoms with Crippen LogP contribution in [-0.2, 0) is 6.54 Å². The average molecular weight is 397 g/mol. The SMILES string of the molecule is CC(=O)c1c(C)cc(C)c(CN2CCN(C(=O)c3ccc(C)c(F)c3)CC2)c1C. The van der Waals surface area contributed by atoms with E-state index in [9.17, 15) is 14.0 Å². The molecule has 0 radical (unpaired) electrons. The minimum absolute atomic E-state index is 0.0991. The average Bonchev–Trinajstić information content (AvgIpc) is 2.66. The second-order valence-corrected chi connectivity index (χ2v) is 8.08. The molecule has 4 nitrogen and oxygen atoms in total. The van der Waals surface area contributed by atoms with Gasteiger partial charge in [0.25, 0.3) is 5.91 Å². The molecule has 1 heterocycles. The normalized spacial score (nSPS) is 14.9. The first kappa shape index (κ1) is 21.2. The summed E-state index contributed by atoms with van der Waals surface area (Å²) in [6, 6.07) is 6.75. The van der Waals surface area contributed by atoms with Crippen LogP contribution < -0.4 is 0 Å². The Bertz CT molecular complexity index is 960. The fraction of sp³-hybridized carbons (Fsp3) is 0.417. The molecule has 1 aliphatic rings. The maximum Gasteiger partial charge on any atom is 0.254 e. The Morgan fingerprint density at radius 3 is 2.17 bits per heavy atom. The molecule has 29 heavy (non-hydrogen) atoms. The highest BCUT2D eigenvalue weighted by Gasteiger charge is 2.24. The second kappa shape index (κ2) is 8.46. The van der Waals surface area contributed by atoms with Gasteiger partial charge in [0.15, 0.2) is 5.78 Å². The number of nitrogens with zero attached hydrogens (tertiary/aromatic N) is 2. The number of carbonyl (C=O) groups excluding carboxylic acids is 2. The zero-order valence-electron chi connectivity index (χ0n) is 17.9. The Labute approximate surface area is 172 Å². The van der Waals surface area contributed by atoms with Crippen molar-refractivity contribution in [3.8, 4) is 0 Å². The van der Waals surface area contributed by atoms with Gasteiger partial charge in [-0.25, -0.2) is 4.39 Å². The number of halogens is 1. The Morgan fingerprint density at radius 2 is 1.59 bits per heavy atom. The van der Waals surface area contributed by atoms with Gasteiger partial charge in [0, 0.05) is 43.9 Å². The highest BCUT2D eigenvalue weighted by atomic mass is 19.1. The van der Waals surface area contributed by atoms with Crippen LogP contribution in [0.4, 0.5) is 4.39 Å². The van der Waals surface area contributed by atoms with E-state index in [2.05, 4.69) is 17.9 Å². The predicted molar refractivity (Wildman–Crippen MR) is 113 cm³/mol. The van der Waals surface area contributed by atoms with Crippen LogP contribution in [0, 0.1) is 33.5 Å². The predicted octanol–water partition coefficient (Wildman–Crippen LogP) is 4.22. The topological polar surface area (TPSA) is 40.6 Å². The molecule has 0 N–H and O–H groups in total. The van der Waals surface area contributed by atoms with E-state index in [4.69, 9.17) is 0 Å². The summed E-state index contributed by atoms with van der Waals surface area (Å²) < 4.78 is 13.8. The summed E-state index contributed by atoms with van der Waals surface area (Å²) in [7, 11) is 0. The molecule has 1 amide bonds. The van der Waals surface area contributed by atoms with Crippen LogP contribution in [0.25, 0.3) is 0 Å². The summed E-state index contributed by atoms with van der Waals surface area (Å²) in [5, 5.41) is 0. The standard InChI is InChI=1S/C24H29FN2O2/c1-15-6-7-20(13-22(15)25)24(29)27-10-8-26(9-11-27)14-21-16(2)12-17(3)23(18(21)4)19(5)28/h6-7,12-13H,8-11,14H2,1-5H3. The smallest absolute Gasteiger partial charge is 0.254 e. The molecule has 2 aromatic carbocycles. The van der Waals surface area contributed by atoms with Gasteiger partial charge in [-0.05, 0) is 74.6 Å². The zero-order chi connectivity index (χ0) is 21.3. The first-order valence-corrected chi connectivity index (χ1v) is 10.1. The van der Waals surface area contributed by atoms with Crippen molar-refractivity contribution in [1.82, 2.24) is 9.80 Å². The van der Waals surface area contributed by atoms with Gasteiger partial charge in [-0.3, -0.25) is 14.5 Å². The van der Waals surface area contributed by atoms with E-state index < -0.39 is 0 Å². The van der Waals surface area contributed by atoms with Crippen LogP contribution in [0.15, 0.2) is 24.3 Å². The minimum atomic E-state index is -0.346. The van der Waals surface area contributed by atoms with Crippen LogP contribution in [0.2, 0.25) is 0 Å². The lowest BCUT2D eigenvalue weighted by Crippen LogP contribution is -2.48. The van der Waals surface area contributed by atoms with Crippen molar-refractivity contribution < 1.29 is 14.0 Å². The van der Waals surface area contributed by atoms with Gasteiger partial charge in [0.05, 0.1) is 0 Å². The third kappa shape index (κ3) is 4.40. The molecule has 2 aromatic rings. The van der Waals surface area contributed by atoms with Gasteiger partial charge in [-0.1, -0.05) is 12.1 Å². The lowest BCUT2D eigenvalue weighted by Gasteiger charge is -2.35. The molecular weight excluding hydrogens is 367 g/mol. The second-order valence-electron chi connectivity index (χ2n) is 8.08. The van der Waals surface area contributed by atoms with Crippen LogP contribution in [-0.4, -0.2) is 47.7 Å². The third-order valence-corrected chi connectivity index (χ3v) is 5.94. The monoisotopic (exact) mass is 396 g/mol. The van der Waals surface area contributed by atoms with Crippen molar-refractivity contribution in [2.24, 2.45) is 0 Å². The molecule has 0 aromatic heterocycles. The molecule has 5 heteroatoms. The number of Topliss-reactive ketones (excluding diaryl/α,β-unsaturated/α-hetero) is 1. The summed E-state index contributed by atoms with van der Waals surface area (Å²) in [5.74, 6) is -0.367. The fourth-order valence-electron chi connectivity index (χ4n) is 4.25. The summed E-state index contributed by atoms with van der Waals surface area (Å²) in [6.45, 7) is 12.9. The van der Waals surface area contributed by atoms with Gasteiger partial charge < -0.3 is 4.90 Å². The third-order valence-electron chi connectivity index (χ3n) is 5.94. The van der Waals surface area contributed by atoms with E-state index in [1.165, 1.54) is 17.2 Å². The highest BCUT2D eigenvalue weighted by Crippen LogP contribution is 2.25. The number of hydrogen-bond acceptors (Lipinski definition) is 3. The number of benzene rings is 2. The molecule has 1 saturated heterocycles. The number of carbonyl (C=O) groups is 2. The lowest BCUT2D eigenvalue weighted by atomic mass is 9.91. The van der Waals surface area contributed by atoms with E-state index in [1.807, 2.05) is 13.8 Å². The number of hydrogen-bond donors (Lipinski definition) is 0. The minimum Gasteiger partial charge on any atom is -0.336 e. The largest absolute Gasteiger partial charge is 0.336 e. The van der Waals surface area contributed by atoms with E-state index in [-0.39, 0.29) is 17.5 Å². The molecular formula is C24H29FN2O2. The molecule has 0 aliphatic carbocycles. The van der Waals surface area contributed by atoms with Crippen molar-refractivity contribution >= 4 is 11.7 Å². The molecule has 0 bridgehead atoms. The summed E-state index contributed by atoms with van der Waals surface area (Å²) >= 11 is 0. The van der Waals surface area contributed by atoms with Crippen molar-refractivity contribution in [2.75, 3.05) is 26.2 Å². The number of aryl methyl sites for hydroxylation is 3. The maximum absolute atomic E-state index is 13.8. The van der Waals surface area contributed by atoms with Crippen molar-refractivity contribution in [2.45, 2.75) is 41.2 Å². The number of amides is 1. The number of ketones is 1. The molecule has 0 atom stereocenters. The van der Waals surface area contributed by atoms with Crippen molar-refractivity contribution in [1.29, 1.82) is 0 Å². The van der Waals surface area contributed by atoms with Gasteiger partial charge in [-0.2, -0.15) is 0 Å². The lowest BCUT2D eigenvalue weighted by molar-refractivity contribution is 0.0627. The molecule has 0 spiro atoms. The van der Waals surface area contributed by atoms with Gasteiger partial charge in [-0.15, -0.1) is 0 Å². The number of piperazine rings is 1. The van der Waals surface area contributed by atoms with Crippen LogP contribution >= 0.6 is 0 Å². The summed E-state index contributed by atoms with van der Waals surface area (Å²) in [4.78, 5) is 28.9. The van der Waals surface area contributed by atoms with Gasteiger partial charge >= 0.3 is 0 Å². The fourth-order valence-corrected chi connectivity index (χ4v) is 4.25. The highest BCUT2D eigenvalue weighted by molar-refractivity contribution is 5.97. The van der Waals surface area contributed by atoms with Crippen molar-refractivity contribution in [3.63, 3.8) is 0 Å². The summed E-state index contributed by atoms with van der Waals surface area (Å²) in [5.41, 5.74) is 6.24. The first-order chi connectivity index (χ1) is 13.7. The molecule has 0 saturated carbocycles. The van der Waals surface area contributed by atoms with Crippen LogP contribution in [0.3, 0.4) is 0 Å². The van der Waals surface area contributed by atoms with E-state index >= 15 is 0 Å². The van der Waals surface area contributed by atoms with E-state index in [0.29, 0.717) is 24.2 Å². The molecule has 3 rings (SSSR count). The molecule has 154 valence electrons. The Balaban J connectivity index is 1.69.